The van der Waals surface area contributed by atoms with Crippen LogP contribution < -0.4 is 20.1 Å². The highest BCUT2D eigenvalue weighted by Gasteiger charge is 2.25. The Labute approximate surface area is 136 Å². The van der Waals surface area contributed by atoms with Crippen molar-refractivity contribution in [3.05, 3.63) is 53.6 Å². The maximum absolute atomic E-state index is 6.19. The number of nitrogens with zero attached hydrogens (tertiary/aromatic N) is 1. The van der Waals surface area contributed by atoms with Crippen LogP contribution in [-0.2, 0) is 6.42 Å². The lowest BCUT2D eigenvalue weighted by atomic mass is 10.00. The molecule has 0 amide bonds. The monoisotopic (exact) mass is 314 g/mol. The summed E-state index contributed by atoms with van der Waals surface area (Å²) in [7, 11) is 3.29. The largest absolute Gasteiger partial charge is 0.493 e. The second-order valence-corrected chi connectivity index (χ2v) is 5.57. The van der Waals surface area contributed by atoms with E-state index in [1.807, 2.05) is 42.5 Å². The predicted octanol–water partition coefficient (Wildman–Crippen LogP) is 2.56. The van der Waals surface area contributed by atoms with Crippen molar-refractivity contribution in [1.82, 2.24) is 5.01 Å². The van der Waals surface area contributed by atoms with Crippen molar-refractivity contribution in [2.75, 3.05) is 27.3 Å². The zero-order valence-electron chi connectivity index (χ0n) is 13.5. The molecule has 0 aliphatic carbocycles. The van der Waals surface area contributed by atoms with Gasteiger partial charge in [-0.2, -0.15) is 0 Å². The van der Waals surface area contributed by atoms with E-state index in [-0.39, 0.29) is 6.10 Å². The van der Waals surface area contributed by atoms with Gasteiger partial charge in [0.1, 0.15) is 11.9 Å². The van der Waals surface area contributed by atoms with Gasteiger partial charge in [0.25, 0.3) is 0 Å². The minimum absolute atomic E-state index is 0.153. The average molecular weight is 314 g/mol. The van der Waals surface area contributed by atoms with Crippen LogP contribution in [0.25, 0.3) is 0 Å². The number of methoxy groups -OCH3 is 2. The van der Waals surface area contributed by atoms with Crippen molar-refractivity contribution in [2.24, 2.45) is 5.84 Å². The highest BCUT2D eigenvalue weighted by molar-refractivity contribution is 5.49. The van der Waals surface area contributed by atoms with Crippen molar-refractivity contribution >= 4 is 0 Å². The molecule has 1 unspecified atom stereocenters. The van der Waals surface area contributed by atoms with Gasteiger partial charge in [0.2, 0.25) is 0 Å². The van der Waals surface area contributed by atoms with E-state index in [0.29, 0.717) is 12.3 Å². The molecular weight excluding hydrogens is 292 g/mol. The minimum atomic E-state index is -0.153. The highest BCUT2D eigenvalue weighted by atomic mass is 16.5. The third-order valence-corrected chi connectivity index (χ3v) is 4.08. The molecule has 5 heteroatoms. The summed E-state index contributed by atoms with van der Waals surface area (Å²) in [4.78, 5) is 0. The van der Waals surface area contributed by atoms with E-state index < -0.39 is 0 Å². The molecule has 122 valence electrons. The molecule has 1 aliphatic heterocycles. The SMILES string of the molecule is COc1cc2c(cc1OC)C(Oc1ccccc1)CN(N)CC2. The van der Waals surface area contributed by atoms with Crippen molar-refractivity contribution in [2.45, 2.75) is 12.5 Å². The van der Waals surface area contributed by atoms with Crippen molar-refractivity contribution in [3.8, 4) is 17.2 Å². The molecule has 1 aliphatic rings. The number of nitrogens with two attached hydrogens (primary N) is 1. The average Bonchev–Trinajstić information content (AvgIpc) is 2.73. The molecule has 1 atom stereocenters. The molecule has 0 bridgehead atoms. The number of hydrazine groups is 1. The summed E-state index contributed by atoms with van der Waals surface area (Å²) in [6.45, 7) is 1.40. The topological polar surface area (TPSA) is 57.0 Å². The maximum atomic E-state index is 6.19. The summed E-state index contributed by atoms with van der Waals surface area (Å²) in [6, 6.07) is 13.8. The van der Waals surface area contributed by atoms with E-state index in [2.05, 4.69) is 0 Å². The van der Waals surface area contributed by atoms with Crippen LogP contribution in [0, 0.1) is 0 Å². The number of para-hydroxylation sites is 1. The predicted molar refractivity (Wildman–Crippen MR) is 88.8 cm³/mol. The van der Waals surface area contributed by atoms with Crippen LogP contribution in [-0.4, -0.2) is 32.3 Å². The smallest absolute Gasteiger partial charge is 0.161 e. The Kier molecular flexibility index (Phi) is 4.69. The molecule has 0 spiro atoms. The number of benzene rings is 2. The van der Waals surface area contributed by atoms with Gasteiger partial charge in [-0.25, -0.2) is 5.01 Å². The Morgan fingerprint density at radius 3 is 2.43 bits per heavy atom. The van der Waals surface area contributed by atoms with Crippen molar-refractivity contribution in [1.29, 1.82) is 0 Å². The van der Waals surface area contributed by atoms with E-state index in [1.54, 1.807) is 19.2 Å². The van der Waals surface area contributed by atoms with Gasteiger partial charge in [-0.3, -0.25) is 5.84 Å². The summed E-state index contributed by atoms with van der Waals surface area (Å²) >= 11 is 0. The van der Waals surface area contributed by atoms with Crippen LogP contribution in [0.15, 0.2) is 42.5 Å². The van der Waals surface area contributed by atoms with Crippen LogP contribution in [0.2, 0.25) is 0 Å². The van der Waals surface area contributed by atoms with Crippen LogP contribution >= 0.6 is 0 Å². The molecule has 2 aromatic carbocycles. The Morgan fingerprint density at radius 1 is 1.04 bits per heavy atom. The first-order valence-electron chi connectivity index (χ1n) is 7.67. The number of fused-ring (bicyclic) bond motifs is 1. The second kappa shape index (κ2) is 6.89. The number of hydrogen-bond acceptors (Lipinski definition) is 5. The zero-order valence-corrected chi connectivity index (χ0v) is 13.5. The second-order valence-electron chi connectivity index (χ2n) is 5.57. The molecule has 0 fully saturated rings. The van der Waals surface area contributed by atoms with Crippen LogP contribution in [0.1, 0.15) is 17.2 Å². The number of rotatable bonds is 4. The fourth-order valence-corrected chi connectivity index (χ4v) is 2.88. The Balaban J connectivity index is 1.99. The fourth-order valence-electron chi connectivity index (χ4n) is 2.88. The van der Waals surface area contributed by atoms with Crippen LogP contribution in [0.5, 0.6) is 17.2 Å². The Bertz CT molecular complexity index is 661. The van der Waals surface area contributed by atoms with Gasteiger partial charge >= 0.3 is 0 Å². The third-order valence-electron chi connectivity index (χ3n) is 4.08. The van der Waals surface area contributed by atoms with Gasteiger partial charge in [0.15, 0.2) is 11.5 Å². The Hall–Kier alpha value is -2.24. The zero-order chi connectivity index (χ0) is 16.2. The standard InChI is InChI=1S/C18H22N2O3/c1-21-16-10-13-8-9-20(19)12-18(15(13)11-17(16)22-2)23-14-6-4-3-5-7-14/h3-7,10-11,18H,8-9,12,19H2,1-2H3. The molecule has 5 nitrogen and oxygen atoms in total. The lowest BCUT2D eigenvalue weighted by molar-refractivity contribution is 0.141. The molecule has 2 N–H and O–H groups in total. The summed E-state index contributed by atoms with van der Waals surface area (Å²) < 4.78 is 17.0. The van der Waals surface area contributed by atoms with Gasteiger partial charge in [-0.1, -0.05) is 18.2 Å². The first-order chi connectivity index (χ1) is 11.2. The molecule has 0 saturated carbocycles. The summed E-state index contributed by atoms with van der Waals surface area (Å²) in [5.74, 6) is 8.36. The van der Waals surface area contributed by atoms with Gasteiger partial charge < -0.3 is 14.2 Å². The maximum Gasteiger partial charge on any atom is 0.161 e. The number of ether oxygens (including phenoxy) is 3. The van der Waals surface area contributed by atoms with E-state index in [9.17, 15) is 0 Å². The van der Waals surface area contributed by atoms with Gasteiger partial charge in [0, 0.05) is 12.1 Å². The first kappa shape index (κ1) is 15.6. The van der Waals surface area contributed by atoms with E-state index in [4.69, 9.17) is 20.1 Å². The van der Waals surface area contributed by atoms with Crippen LogP contribution in [0.3, 0.4) is 0 Å². The molecule has 0 aromatic heterocycles. The molecule has 3 rings (SSSR count). The summed E-state index contributed by atoms with van der Waals surface area (Å²) in [5, 5.41) is 1.80. The third kappa shape index (κ3) is 3.41. The summed E-state index contributed by atoms with van der Waals surface area (Å²) in [6.07, 6.45) is 0.695. The van der Waals surface area contributed by atoms with E-state index in [1.165, 1.54) is 5.56 Å². The quantitative estimate of drug-likeness (QED) is 0.879. The van der Waals surface area contributed by atoms with Crippen molar-refractivity contribution < 1.29 is 14.2 Å². The lowest BCUT2D eigenvalue weighted by Gasteiger charge is -2.23. The lowest BCUT2D eigenvalue weighted by Crippen LogP contribution is -2.36. The first-order valence-corrected chi connectivity index (χ1v) is 7.67. The summed E-state index contributed by atoms with van der Waals surface area (Å²) in [5.41, 5.74) is 2.27. The minimum Gasteiger partial charge on any atom is -0.493 e. The van der Waals surface area contributed by atoms with Gasteiger partial charge in [-0.15, -0.1) is 0 Å². The molecule has 1 heterocycles. The normalized spacial score (nSPS) is 18.0. The molecular formula is C18H22N2O3. The van der Waals surface area contributed by atoms with E-state index in [0.717, 1.165) is 30.0 Å². The van der Waals surface area contributed by atoms with Crippen LogP contribution in [0.4, 0.5) is 0 Å². The number of hydrogen-bond donors (Lipinski definition) is 1. The van der Waals surface area contributed by atoms with Crippen molar-refractivity contribution in [3.63, 3.8) is 0 Å². The molecule has 2 aromatic rings. The molecule has 0 radical (unpaired) electrons. The molecule has 23 heavy (non-hydrogen) atoms. The van der Waals surface area contributed by atoms with Gasteiger partial charge in [-0.05, 0) is 36.2 Å². The molecule has 0 saturated heterocycles. The van der Waals surface area contributed by atoms with Gasteiger partial charge in [0.05, 0.1) is 20.8 Å². The fraction of sp³-hybridized carbons (Fsp3) is 0.333. The van der Waals surface area contributed by atoms with E-state index >= 15 is 0 Å². The Morgan fingerprint density at radius 2 is 1.74 bits per heavy atom. The highest BCUT2D eigenvalue weighted by Crippen LogP contribution is 2.36.